The fraction of sp³-hybridized carbons (Fsp3) is 0.118. The summed E-state index contributed by atoms with van der Waals surface area (Å²) in [6.07, 6.45) is 3.42. The highest BCUT2D eigenvalue weighted by atomic mass is 16.3. The number of carbonyl (C=O) groups is 1. The third kappa shape index (κ3) is 2.24. The van der Waals surface area contributed by atoms with Crippen LogP contribution in [0.2, 0.25) is 0 Å². The average molecular weight is 306 g/mol. The zero-order valence-corrected chi connectivity index (χ0v) is 12.2. The molecule has 0 unspecified atom stereocenters. The highest BCUT2D eigenvalue weighted by molar-refractivity contribution is 5.98. The highest BCUT2D eigenvalue weighted by Gasteiger charge is 2.33. The molecule has 0 radical (unpaired) electrons. The molecule has 114 valence electrons. The summed E-state index contributed by atoms with van der Waals surface area (Å²) in [6.45, 7) is 0.987. The molecule has 6 nitrogen and oxygen atoms in total. The van der Waals surface area contributed by atoms with Crippen molar-refractivity contribution >= 4 is 5.91 Å². The van der Waals surface area contributed by atoms with E-state index in [1.54, 1.807) is 35.5 Å². The minimum Gasteiger partial charge on any atom is -0.507 e. The predicted molar refractivity (Wildman–Crippen MR) is 83.5 cm³/mol. The Kier molecular flexibility index (Phi) is 3.08. The monoisotopic (exact) mass is 306 g/mol. The van der Waals surface area contributed by atoms with Crippen LogP contribution in [0.3, 0.4) is 0 Å². The third-order valence-corrected chi connectivity index (χ3v) is 4.00. The van der Waals surface area contributed by atoms with Gasteiger partial charge in [-0.25, -0.2) is 0 Å². The van der Waals surface area contributed by atoms with Gasteiger partial charge in [0.25, 0.3) is 5.91 Å². The van der Waals surface area contributed by atoms with Gasteiger partial charge in [0, 0.05) is 30.1 Å². The molecule has 0 fully saturated rings. The van der Waals surface area contributed by atoms with Crippen LogP contribution in [0.25, 0.3) is 11.3 Å². The summed E-state index contributed by atoms with van der Waals surface area (Å²) in [7, 11) is 0. The Morgan fingerprint density at radius 1 is 1.17 bits per heavy atom. The maximum absolute atomic E-state index is 12.5. The van der Waals surface area contributed by atoms with E-state index in [0.29, 0.717) is 30.0 Å². The third-order valence-electron chi connectivity index (χ3n) is 4.00. The van der Waals surface area contributed by atoms with E-state index in [9.17, 15) is 9.90 Å². The number of carbonyl (C=O) groups excluding carboxylic acids is 1. The molecular formula is C17H14N4O2. The summed E-state index contributed by atoms with van der Waals surface area (Å²) < 4.78 is 0. The summed E-state index contributed by atoms with van der Waals surface area (Å²) >= 11 is 0. The van der Waals surface area contributed by atoms with Crippen LogP contribution in [0.5, 0.6) is 5.75 Å². The topological polar surface area (TPSA) is 82.1 Å². The van der Waals surface area contributed by atoms with E-state index in [1.807, 2.05) is 18.2 Å². The number of nitrogens with one attached hydrogen (secondary N) is 1. The first-order valence-electron chi connectivity index (χ1n) is 7.28. The number of amides is 1. The smallest absolute Gasteiger partial charge is 0.272 e. The second-order valence-corrected chi connectivity index (χ2v) is 5.46. The normalized spacial score (nSPS) is 13.4. The Morgan fingerprint density at radius 2 is 1.96 bits per heavy atom. The number of rotatable bonds is 3. The number of hydrogen-bond donors (Lipinski definition) is 2. The van der Waals surface area contributed by atoms with Crippen LogP contribution in [0.1, 0.15) is 21.6 Å². The van der Waals surface area contributed by atoms with Crippen molar-refractivity contribution in [3.05, 3.63) is 65.6 Å². The molecule has 0 bridgehead atoms. The lowest BCUT2D eigenvalue weighted by Crippen LogP contribution is -2.24. The zero-order valence-electron chi connectivity index (χ0n) is 12.2. The average Bonchev–Trinajstić information content (AvgIpc) is 3.10. The van der Waals surface area contributed by atoms with Gasteiger partial charge in [-0.1, -0.05) is 12.1 Å². The molecule has 3 aromatic rings. The Hall–Kier alpha value is -3.15. The van der Waals surface area contributed by atoms with E-state index >= 15 is 0 Å². The molecule has 2 N–H and O–H groups in total. The van der Waals surface area contributed by atoms with Crippen LogP contribution in [0.4, 0.5) is 0 Å². The van der Waals surface area contributed by atoms with E-state index in [0.717, 1.165) is 11.1 Å². The summed E-state index contributed by atoms with van der Waals surface area (Å²) in [4.78, 5) is 18.2. The first kappa shape index (κ1) is 13.5. The molecule has 1 amide bonds. The summed E-state index contributed by atoms with van der Waals surface area (Å²) in [5, 5.41) is 17.1. The molecule has 1 aliphatic heterocycles. The molecule has 0 saturated carbocycles. The molecule has 0 aliphatic carbocycles. The number of phenolic OH excluding ortho intramolecular Hbond substituents is 1. The van der Waals surface area contributed by atoms with Gasteiger partial charge >= 0.3 is 0 Å². The van der Waals surface area contributed by atoms with Crippen LogP contribution in [-0.4, -0.2) is 31.1 Å². The minimum atomic E-state index is -0.0778. The first-order chi connectivity index (χ1) is 11.2. The maximum atomic E-state index is 12.5. The Labute approximate surface area is 132 Å². The van der Waals surface area contributed by atoms with Gasteiger partial charge < -0.3 is 10.0 Å². The molecule has 1 aliphatic rings. The van der Waals surface area contributed by atoms with Gasteiger partial charge in [-0.2, -0.15) is 5.10 Å². The molecular weight excluding hydrogens is 292 g/mol. The first-order valence-corrected chi connectivity index (χ1v) is 7.28. The lowest BCUT2D eigenvalue weighted by molar-refractivity contribution is 0.0761. The lowest BCUT2D eigenvalue weighted by Gasteiger charge is -2.15. The van der Waals surface area contributed by atoms with E-state index in [4.69, 9.17) is 0 Å². The number of pyridine rings is 1. The number of H-pyrrole nitrogens is 1. The fourth-order valence-corrected chi connectivity index (χ4v) is 2.85. The standard InChI is InChI=1S/C17H14N4O2/c22-14-4-2-1-3-12(14)15-13-10-21(17(23)16(13)20-19-15)9-11-5-7-18-8-6-11/h1-8,22H,9-10H2,(H,19,20). The quantitative estimate of drug-likeness (QED) is 0.778. The second kappa shape index (κ2) is 5.24. The van der Waals surface area contributed by atoms with Crippen molar-refractivity contribution in [3.63, 3.8) is 0 Å². The van der Waals surface area contributed by atoms with Crippen LogP contribution in [-0.2, 0) is 13.1 Å². The van der Waals surface area contributed by atoms with Crippen LogP contribution < -0.4 is 0 Å². The van der Waals surface area contributed by atoms with Gasteiger partial charge in [-0.3, -0.25) is 14.9 Å². The van der Waals surface area contributed by atoms with Crippen molar-refractivity contribution in [1.29, 1.82) is 0 Å². The number of hydrogen-bond acceptors (Lipinski definition) is 4. The van der Waals surface area contributed by atoms with E-state index in [1.165, 1.54) is 0 Å². The van der Waals surface area contributed by atoms with Crippen molar-refractivity contribution < 1.29 is 9.90 Å². The number of aromatic hydroxyl groups is 1. The van der Waals surface area contributed by atoms with E-state index < -0.39 is 0 Å². The van der Waals surface area contributed by atoms with E-state index in [-0.39, 0.29) is 11.7 Å². The van der Waals surface area contributed by atoms with Gasteiger partial charge in [-0.15, -0.1) is 0 Å². The van der Waals surface area contributed by atoms with Crippen molar-refractivity contribution in [2.24, 2.45) is 0 Å². The van der Waals surface area contributed by atoms with Gasteiger partial charge in [0.2, 0.25) is 0 Å². The Morgan fingerprint density at radius 3 is 2.74 bits per heavy atom. The Balaban J connectivity index is 1.66. The maximum Gasteiger partial charge on any atom is 0.272 e. The molecule has 6 heteroatoms. The number of aromatic nitrogens is 3. The summed E-state index contributed by atoms with van der Waals surface area (Å²) in [5.74, 6) is 0.0767. The van der Waals surface area contributed by atoms with Crippen molar-refractivity contribution in [3.8, 4) is 17.0 Å². The molecule has 2 aromatic heterocycles. The number of phenols is 1. The zero-order chi connectivity index (χ0) is 15.8. The van der Waals surface area contributed by atoms with Crippen molar-refractivity contribution in [2.75, 3.05) is 0 Å². The molecule has 1 aromatic carbocycles. The van der Waals surface area contributed by atoms with Gasteiger partial charge in [0.15, 0.2) is 0 Å². The summed E-state index contributed by atoms with van der Waals surface area (Å²) in [6, 6.07) is 10.8. The molecule has 0 spiro atoms. The largest absolute Gasteiger partial charge is 0.507 e. The number of benzene rings is 1. The molecule has 23 heavy (non-hydrogen) atoms. The number of para-hydroxylation sites is 1. The predicted octanol–water partition coefficient (Wildman–Crippen LogP) is 2.33. The van der Waals surface area contributed by atoms with Gasteiger partial charge in [-0.05, 0) is 29.8 Å². The summed E-state index contributed by atoms with van der Waals surface area (Å²) in [5.41, 5.74) is 3.60. The molecule has 0 atom stereocenters. The second-order valence-electron chi connectivity index (χ2n) is 5.46. The lowest BCUT2D eigenvalue weighted by atomic mass is 10.1. The Bertz CT molecular complexity index is 873. The van der Waals surface area contributed by atoms with Crippen LogP contribution in [0, 0.1) is 0 Å². The van der Waals surface area contributed by atoms with Gasteiger partial charge in [0.05, 0.1) is 6.54 Å². The number of fused-ring (bicyclic) bond motifs is 1. The van der Waals surface area contributed by atoms with Crippen LogP contribution >= 0.6 is 0 Å². The molecule has 0 saturated heterocycles. The van der Waals surface area contributed by atoms with Crippen LogP contribution in [0.15, 0.2) is 48.8 Å². The molecule has 3 heterocycles. The number of nitrogens with zero attached hydrogens (tertiary/aromatic N) is 3. The van der Waals surface area contributed by atoms with Gasteiger partial charge in [0.1, 0.15) is 17.1 Å². The highest BCUT2D eigenvalue weighted by Crippen LogP contribution is 2.35. The SMILES string of the molecule is O=C1c2[nH]nc(-c3ccccc3O)c2CN1Cc1ccncc1. The fourth-order valence-electron chi connectivity index (χ4n) is 2.85. The molecule has 4 rings (SSSR count). The van der Waals surface area contributed by atoms with E-state index in [2.05, 4.69) is 15.2 Å². The van der Waals surface area contributed by atoms with Crippen molar-refractivity contribution in [2.45, 2.75) is 13.1 Å². The number of aromatic amines is 1. The van der Waals surface area contributed by atoms with Crippen molar-refractivity contribution in [1.82, 2.24) is 20.1 Å². The minimum absolute atomic E-state index is 0.0778.